The summed E-state index contributed by atoms with van der Waals surface area (Å²) in [7, 11) is 1.59. The third kappa shape index (κ3) is 4.38. The minimum Gasteiger partial charge on any atom is -0.497 e. The van der Waals surface area contributed by atoms with Crippen molar-refractivity contribution in [2.45, 2.75) is 6.61 Å². The molecular weight excluding hydrogens is 268 g/mol. The molecule has 4 heteroatoms. The van der Waals surface area contributed by atoms with E-state index in [1.165, 1.54) is 0 Å². The highest BCUT2D eigenvalue weighted by Gasteiger charge is 2.04. The van der Waals surface area contributed by atoms with Gasteiger partial charge in [0, 0.05) is 11.6 Å². The van der Waals surface area contributed by atoms with Crippen LogP contribution in [0.1, 0.15) is 11.1 Å². The topological polar surface area (TPSA) is 55.8 Å². The minimum absolute atomic E-state index is 0.334. The first-order valence-electron chi connectivity index (χ1n) is 6.45. The summed E-state index contributed by atoms with van der Waals surface area (Å²) < 4.78 is 10.9. The third-order valence-electron chi connectivity index (χ3n) is 2.89. The average molecular weight is 284 g/mol. The lowest BCUT2D eigenvalue weighted by Crippen LogP contribution is -1.99. The molecule has 0 atom stereocenters. The molecule has 1 N–H and O–H groups in total. The zero-order valence-electron chi connectivity index (χ0n) is 11.7. The summed E-state index contributed by atoms with van der Waals surface area (Å²) in [5.41, 5.74) is 1.64. The predicted molar refractivity (Wildman–Crippen MR) is 80.4 cm³/mol. The summed E-state index contributed by atoms with van der Waals surface area (Å²) in [5, 5.41) is 8.73. The average Bonchev–Trinajstić information content (AvgIpc) is 2.52. The van der Waals surface area contributed by atoms with E-state index in [9.17, 15) is 4.79 Å². The molecule has 2 aromatic rings. The van der Waals surface area contributed by atoms with Gasteiger partial charge in [0.1, 0.15) is 18.1 Å². The number of rotatable bonds is 6. The monoisotopic (exact) mass is 284 g/mol. The van der Waals surface area contributed by atoms with E-state index < -0.39 is 5.97 Å². The molecule has 0 saturated carbocycles. The molecule has 0 heterocycles. The van der Waals surface area contributed by atoms with E-state index in [1.807, 2.05) is 42.5 Å². The number of methoxy groups -OCH3 is 1. The number of benzene rings is 2. The van der Waals surface area contributed by atoms with Gasteiger partial charge in [-0.15, -0.1) is 0 Å². The molecule has 0 bridgehead atoms. The zero-order valence-corrected chi connectivity index (χ0v) is 11.7. The molecular formula is C17H16O4. The van der Waals surface area contributed by atoms with Crippen molar-refractivity contribution in [1.29, 1.82) is 0 Å². The van der Waals surface area contributed by atoms with Gasteiger partial charge < -0.3 is 14.6 Å². The van der Waals surface area contributed by atoms with Crippen molar-refractivity contribution in [3.05, 3.63) is 65.7 Å². The summed E-state index contributed by atoms with van der Waals surface area (Å²) in [6, 6.07) is 14.9. The normalized spacial score (nSPS) is 10.5. The van der Waals surface area contributed by atoms with Gasteiger partial charge in [-0.05, 0) is 35.9 Å². The SMILES string of the molecule is COc1ccc(C=CC(=O)O)c(COc2ccccc2)c1. The number of carbonyl (C=O) groups is 1. The summed E-state index contributed by atoms with van der Waals surface area (Å²) in [6.45, 7) is 0.334. The van der Waals surface area contributed by atoms with E-state index in [0.29, 0.717) is 12.4 Å². The van der Waals surface area contributed by atoms with E-state index in [0.717, 1.165) is 23.0 Å². The summed E-state index contributed by atoms with van der Waals surface area (Å²) >= 11 is 0. The fraction of sp³-hybridized carbons (Fsp3) is 0.118. The van der Waals surface area contributed by atoms with Crippen LogP contribution >= 0.6 is 0 Å². The number of ether oxygens (including phenoxy) is 2. The fourth-order valence-corrected chi connectivity index (χ4v) is 1.84. The Hall–Kier alpha value is -2.75. The van der Waals surface area contributed by atoms with Crippen LogP contribution in [0.4, 0.5) is 0 Å². The maximum absolute atomic E-state index is 10.6. The molecule has 0 aliphatic heterocycles. The van der Waals surface area contributed by atoms with Gasteiger partial charge in [-0.2, -0.15) is 0 Å². The number of carboxylic acids is 1. The second-order valence-electron chi connectivity index (χ2n) is 4.34. The Kier molecular flexibility index (Phi) is 4.99. The first-order chi connectivity index (χ1) is 10.2. The van der Waals surface area contributed by atoms with Crippen molar-refractivity contribution in [3.8, 4) is 11.5 Å². The van der Waals surface area contributed by atoms with Crippen LogP contribution in [0.25, 0.3) is 6.08 Å². The molecule has 0 unspecified atom stereocenters. The molecule has 2 rings (SSSR count). The van der Waals surface area contributed by atoms with Crippen molar-refractivity contribution < 1.29 is 19.4 Å². The summed E-state index contributed by atoms with van der Waals surface area (Å²) in [6.07, 6.45) is 2.65. The zero-order chi connectivity index (χ0) is 15.1. The first-order valence-corrected chi connectivity index (χ1v) is 6.45. The molecule has 21 heavy (non-hydrogen) atoms. The highest BCUT2D eigenvalue weighted by atomic mass is 16.5. The third-order valence-corrected chi connectivity index (χ3v) is 2.89. The molecule has 0 fully saturated rings. The van der Waals surface area contributed by atoms with Crippen LogP contribution in [-0.2, 0) is 11.4 Å². The molecule has 0 aromatic heterocycles. The van der Waals surface area contributed by atoms with Crippen molar-refractivity contribution in [2.75, 3.05) is 7.11 Å². The molecule has 0 aliphatic carbocycles. The molecule has 0 amide bonds. The van der Waals surface area contributed by atoms with E-state index in [2.05, 4.69) is 0 Å². The number of aliphatic carboxylic acids is 1. The lowest BCUT2D eigenvalue weighted by atomic mass is 10.1. The van der Waals surface area contributed by atoms with Gasteiger partial charge in [0.25, 0.3) is 0 Å². The van der Waals surface area contributed by atoms with Gasteiger partial charge >= 0.3 is 5.97 Å². The van der Waals surface area contributed by atoms with Crippen molar-refractivity contribution in [2.24, 2.45) is 0 Å². The number of para-hydroxylation sites is 1. The van der Waals surface area contributed by atoms with Crippen LogP contribution in [0.3, 0.4) is 0 Å². The Morgan fingerprint density at radius 2 is 1.90 bits per heavy atom. The molecule has 108 valence electrons. The highest BCUT2D eigenvalue weighted by molar-refractivity contribution is 5.85. The van der Waals surface area contributed by atoms with Crippen LogP contribution in [0, 0.1) is 0 Å². The van der Waals surface area contributed by atoms with Gasteiger partial charge in [-0.25, -0.2) is 4.79 Å². The summed E-state index contributed by atoms with van der Waals surface area (Å²) in [4.78, 5) is 10.6. The second kappa shape index (κ2) is 7.14. The van der Waals surface area contributed by atoms with E-state index in [4.69, 9.17) is 14.6 Å². The Balaban J connectivity index is 2.20. The van der Waals surface area contributed by atoms with Crippen molar-refractivity contribution in [3.63, 3.8) is 0 Å². The Morgan fingerprint density at radius 3 is 2.57 bits per heavy atom. The minimum atomic E-state index is -0.985. The smallest absolute Gasteiger partial charge is 0.328 e. The highest BCUT2D eigenvalue weighted by Crippen LogP contribution is 2.21. The Labute approximate surface area is 123 Å². The van der Waals surface area contributed by atoms with Gasteiger partial charge in [0.2, 0.25) is 0 Å². The van der Waals surface area contributed by atoms with Gasteiger partial charge in [-0.3, -0.25) is 0 Å². The molecule has 0 aliphatic rings. The van der Waals surface area contributed by atoms with Crippen molar-refractivity contribution in [1.82, 2.24) is 0 Å². The second-order valence-corrected chi connectivity index (χ2v) is 4.34. The lowest BCUT2D eigenvalue weighted by Gasteiger charge is -2.10. The molecule has 0 radical (unpaired) electrons. The molecule has 4 nitrogen and oxygen atoms in total. The summed E-state index contributed by atoms with van der Waals surface area (Å²) in [5.74, 6) is 0.475. The first kappa shape index (κ1) is 14.7. The van der Waals surface area contributed by atoms with Crippen LogP contribution in [0.2, 0.25) is 0 Å². The lowest BCUT2D eigenvalue weighted by molar-refractivity contribution is -0.131. The molecule has 2 aromatic carbocycles. The van der Waals surface area contributed by atoms with Crippen LogP contribution in [-0.4, -0.2) is 18.2 Å². The van der Waals surface area contributed by atoms with E-state index in [1.54, 1.807) is 19.3 Å². The predicted octanol–water partition coefficient (Wildman–Crippen LogP) is 3.37. The molecule has 0 saturated heterocycles. The maximum atomic E-state index is 10.6. The number of hydrogen-bond donors (Lipinski definition) is 1. The molecule has 0 spiro atoms. The van der Waals surface area contributed by atoms with Crippen LogP contribution in [0.5, 0.6) is 11.5 Å². The standard InChI is InChI=1S/C17H16O4/c1-20-16-9-7-13(8-10-17(18)19)14(11-16)12-21-15-5-3-2-4-6-15/h2-11H,12H2,1H3,(H,18,19). The van der Waals surface area contributed by atoms with Gasteiger partial charge in [0.05, 0.1) is 7.11 Å². The van der Waals surface area contributed by atoms with Crippen molar-refractivity contribution >= 4 is 12.0 Å². The number of hydrogen-bond acceptors (Lipinski definition) is 3. The van der Waals surface area contributed by atoms with Gasteiger partial charge in [0.15, 0.2) is 0 Å². The van der Waals surface area contributed by atoms with Crippen LogP contribution in [0.15, 0.2) is 54.6 Å². The van der Waals surface area contributed by atoms with E-state index >= 15 is 0 Å². The largest absolute Gasteiger partial charge is 0.497 e. The Morgan fingerprint density at radius 1 is 1.14 bits per heavy atom. The maximum Gasteiger partial charge on any atom is 0.328 e. The van der Waals surface area contributed by atoms with E-state index in [-0.39, 0.29) is 0 Å². The van der Waals surface area contributed by atoms with Crippen LogP contribution < -0.4 is 9.47 Å². The Bertz CT molecular complexity index is 632. The van der Waals surface area contributed by atoms with Gasteiger partial charge in [-0.1, -0.05) is 24.3 Å². The number of carboxylic acid groups (broad SMARTS) is 1. The fourth-order valence-electron chi connectivity index (χ4n) is 1.84. The quantitative estimate of drug-likeness (QED) is 0.826.